The molecule has 1 aromatic heterocycles. The third-order valence-corrected chi connectivity index (χ3v) is 11.7. The van der Waals surface area contributed by atoms with Crippen molar-refractivity contribution in [2.75, 3.05) is 30.1 Å². The number of aliphatic hydroxyl groups is 1. The fourth-order valence-electron chi connectivity index (χ4n) is 7.24. The number of rotatable bonds is 13. The van der Waals surface area contributed by atoms with E-state index in [2.05, 4.69) is 10.3 Å². The highest BCUT2D eigenvalue weighted by molar-refractivity contribution is 6.72. The molecule has 5 rings (SSSR count). The van der Waals surface area contributed by atoms with E-state index in [1.165, 1.54) is 18.9 Å². The van der Waals surface area contributed by atoms with Crippen molar-refractivity contribution in [2.24, 2.45) is 5.92 Å². The van der Waals surface area contributed by atoms with Gasteiger partial charge in [-0.2, -0.15) is 0 Å². The molecule has 1 unspecified atom stereocenters. The number of carbonyl (C=O) groups excluding carboxylic acids is 4. The Labute approximate surface area is 268 Å². The molecule has 0 radical (unpaired) electrons. The number of aromatic nitrogens is 3. The number of benzene rings is 1. The molecule has 15 heteroatoms. The van der Waals surface area contributed by atoms with Gasteiger partial charge in [0.25, 0.3) is 5.91 Å². The van der Waals surface area contributed by atoms with Gasteiger partial charge in [0, 0.05) is 68.4 Å². The van der Waals surface area contributed by atoms with Gasteiger partial charge in [-0.05, 0) is 50.6 Å². The van der Waals surface area contributed by atoms with Crippen molar-refractivity contribution in [2.45, 2.75) is 95.5 Å². The Balaban J connectivity index is 1.51. The molecular weight excluding hydrogens is 617 g/mol. The van der Waals surface area contributed by atoms with Gasteiger partial charge in [-0.3, -0.25) is 28.8 Å². The first-order valence-corrected chi connectivity index (χ1v) is 18.7. The predicted molar refractivity (Wildman–Crippen MR) is 166 cm³/mol. The minimum absolute atomic E-state index is 0.0497. The average Bonchev–Trinajstić information content (AvgIpc) is 3.63. The van der Waals surface area contributed by atoms with Crippen LogP contribution in [0.3, 0.4) is 0 Å². The number of halogens is 1. The molecule has 2 fully saturated rings. The minimum Gasteiger partial charge on any atom is -0.469 e. The Morgan fingerprint density at radius 2 is 1.98 bits per heavy atom. The van der Waals surface area contributed by atoms with E-state index in [9.17, 15) is 24.3 Å². The van der Waals surface area contributed by atoms with Crippen LogP contribution in [-0.4, -0.2) is 84.9 Å². The Morgan fingerprint density at radius 1 is 1.22 bits per heavy atom. The molecule has 1 spiro atoms. The number of methoxy groups -OCH3 is 1. The summed E-state index contributed by atoms with van der Waals surface area (Å²) in [4.78, 5) is 53.7. The molecule has 2 amide bonds. The van der Waals surface area contributed by atoms with Crippen LogP contribution in [-0.2, 0) is 52.0 Å². The number of aryl methyl sites for hydroxylation is 1. The fraction of sp³-hybridized carbons (Fsp3) is 0.613. The maximum absolute atomic E-state index is 16.2. The SMILES string of the molecule is COC(=O)CCCCN1C(=O)[C@]2(O[C@H](CCn3cc(CCO)nn3)[C@@H]([Si](C)(C)F)[C@@H]2C)c2cc(N3C(=O)CC3OC(C)=O)ccc21. The number of hydrogen-bond acceptors (Lipinski definition) is 10. The van der Waals surface area contributed by atoms with Crippen molar-refractivity contribution < 1.29 is 42.6 Å². The Hall–Kier alpha value is -3.69. The third kappa shape index (κ3) is 6.19. The van der Waals surface area contributed by atoms with E-state index in [-0.39, 0.29) is 37.2 Å². The molecule has 1 aromatic carbocycles. The molecule has 4 heterocycles. The first-order chi connectivity index (χ1) is 21.8. The summed E-state index contributed by atoms with van der Waals surface area (Å²) in [6, 6.07) is 5.19. The largest absolute Gasteiger partial charge is 0.469 e. The van der Waals surface area contributed by atoms with Crippen LogP contribution in [0.15, 0.2) is 24.4 Å². The van der Waals surface area contributed by atoms with Gasteiger partial charge in [-0.25, -0.2) is 0 Å². The molecule has 0 bridgehead atoms. The Morgan fingerprint density at radius 3 is 2.63 bits per heavy atom. The van der Waals surface area contributed by atoms with Gasteiger partial charge in [-0.15, -0.1) is 5.10 Å². The molecule has 3 aliphatic rings. The van der Waals surface area contributed by atoms with Crippen LogP contribution >= 0.6 is 0 Å². The van der Waals surface area contributed by atoms with Crippen LogP contribution < -0.4 is 9.80 Å². The lowest BCUT2D eigenvalue weighted by Crippen LogP contribution is -2.55. The molecule has 1 N–H and O–H groups in total. The zero-order valence-corrected chi connectivity index (χ0v) is 27.9. The monoisotopic (exact) mass is 659 g/mol. The highest BCUT2D eigenvalue weighted by Gasteiger charge is 2.66. The molecular formula is C31H42FN5O8Si. The van der Waals surface area contributed by atoms with Crippen LogP contribution in [0.25, 0.3) is 0 Å². The van der Waals surface area contributed by atoms with E-state index >= 15 is 4.11 Å². The molecule has 250 valence electrons. The molecule has 13 nitrogen and oxygen atoms in total. The maximum atomic E-state index is 16.2. The molecule has 3 aliphatic heterocycles. The Kier molecular flexibility index (Phi) is 9.66. The van der Waals surface area contributed by atoms with Gasteiger partial charge in [0.1, 0.15) is 0 Å². The fourth-order valence-corrected chi connectivity index (χ4v) is 9.78. The number of unbranched alkanes of at least 4 members (excludes halogenated alkanes) is 1. The second-order valence-electron chi connectivity index (χ2n) is 12.7. The van der Waals surface area contributed by atoms with Crippen molar-refractivity contribution in [3.8, 4) is 0 Å². The van der Waals surface area contributed by atoms with Gasteiger partial charge < -0.3 is 28.3 Å². The van der Waals surface area contributed by atoms with E-state index in [1.807, 2.05) is 6.92 Å². The number of anilines is 2. The second-order valence-corrected chi connectivity index (χ2v) is 16.5. The molecule has 0 aliphatic carbocycles. The zero-order chi connectivity index (χ0) is 33.4. The van der Waals surface area contributed by atoms with Crippen LogP contribution in [0.1, 0.15) is 57.2 Å². The summed E-state index contributed by atoms with van der Waals surface area (Å²) in [5, 5.41) is 17.4. The van der Waals surface area contributed by atoms with Crippen LogP contribution in [0.2, 0.25) is 18.6 Å². The summed E-state index contributed by atoms with van der Waals surface area (Å²) >= 11 is 0. The highest BCUT2D eigenvalue weighted by Crippen LogP contribution is 2.60. The predicted octanol–water partition coefficient (Wildman–Crippen LogP) is 2.99. The number of ether oxygens (including phenoxy) is 3. The van der Waals surface area contributed by atoms with E-state index in [4.69, 9.17) is 14.2 Å². The first-order valence-electron chi connectivity index (χ1n) is 15.7. The van der Waals surface area contributed by atoms with E-state index in [0.29, 0.717) is 61.4 Å². The highest BCUT2D eigenvalue weighted by atomic mass is 28.4. The number of aliphatic hydroxyl groups excluding tert-OH is 1. The zero-order valence-electron chi connectivity index (χ0n) is 26.9. The quantitative estimate of drug-likeness (QED) is 0.112. The molecule has 46 heavy (non-hydrogen) atoms. The first kappa shape index (κ1) is 33.7. The van der Waals surface area contributed by atoms with Gasteiger partial charge in [0.05, 0.1) is 31.0 Å². The molecule has 5 atom stereocenters. The van der Waals surface area contributed by atoms with Crippen molar-refractivity contribution in [3.05, 3.63) is 35.7 Å². The maximum Gasteiger partial charge on any atom is 0.305 e. The van der Waals surface area contributed by atoms with E-state index in [1.54, 1.807) is 47.1 Å². The number of β-lactam (4-membered cyclic amide) rings is 1. The minimum atomic E-state index is -3.43. The number of amides is 2. The molecule has 0 saturated carbocycles. The standard InChI is InChI=1S/C31H42FN5O8Si/c1-19-29(46(4,5)32)25(11-14-35-18-21(12-15-38)33-34-35)45-31(19)23-16-22(37-26(40)17-27(37)44-20(2)39)9-10-24(23)36(30(31)42)13-7-6-8-28(41)43-3/h9-10,16,18-19,25,27,29,38H,6-8,11-15,17H2,1-5H3/t19-,25+,27?,29-,31+/m0/s1. The van der Waals surface area contributed by atoms with Crippen molar-refractivity contribution in [3.63, 3.8) is 0 Å². The number of fused-ring (bicyclic) bond motifs is 2. The topological polar surface area (TPSA) is 153 Å². The lowest BCUT2D eigenvalue weighted by atomic mass is 9.82. The number of carbonyl (C=O) groups is 4. The Bertz CT molecular complexity index is 1500. The van der Waals surface area contributed by atoms with Crippen molar-refractivity contribution >= 4 is 43.5 Å². The van der Waals surface area contributed by atoms with Crippen molar-refractivity contribution in [1.82, 2.24) is 15.0 Å². The third-order valence-electron chi connectivity index (χ3n) is 9.27. The molecule has 2 saturated heterocycles. The van der Waals surface area contributed by atoms with E-state index in [0.717, 1.165) is 0 Å². The van der Waals surface area contributed by atoms with Gasteiger partial charge in [0.2, 0.25) is 14.3 Å². The van der Waals surface area contributed by atoms with Crippen LogP contribution in [0.4, 0.5) is 15.5 Å². The lowest BCUT2D eigenvalue weighted by Gasteiger charge is -2.39. The molecule has 2 aromatic rings. The summed E-state index contributed by atoms with van der Waals surface area (Å²) in [5.41, 5.74) is 0.153. The average molecular weight is 660 g/mol. The smallest absolute Gasteiger partial charge is 0.305 e. The summed E-state index contributed by atoms with van der Waals surface area (Å²) in [6.45, 7) is 7.01. The van der Waals surface area contributed by atoms with Crippen LogP contribution in [0.5, 0.6) is 0 Å². The van der Waals surface area contributed by atoms with E-state index < -0.39 is 43.8 Å². The van der Waals surface area contributed by atoms with Gasteiger partial charge in [0.15, 0.2) is 11.8 Å². The van der Waals surface area contributed by atoms with Crippen LogP contribution in [0, 0.1) is 5.92 Å². The van der Waals surface area contributed by atoms with Gasteiger partial charge >= 0.3 is 11.9 Å². The van der Waals surface area contributed by atoms with Crippen molar-refractivity contribution in [1.29, 1.82) is 0 Å². The second kappa shape index (κ2) is 13.2. The summed E-state index contributed by atoms with van der Waals surface area (Å²) < 4.78 is 34.8. The summed E-state index contributed by atoms with van der Waals surface area (Å²) in [5.74, 6) is -1.94. The normalized spacial score (nSPS) is 25.6. The number of hydrogen-bond donors (Lipinski definition) is 1. The number of nitrogens with zero attached hydrogens (tertiary/aromatic N) is 5. The van der Waals surface area contributed by atoms with Gasteiger partial charge in [-0.1, -0.05) is 12.1 Å². The summed E-state index contributed by atoms with van der Waals surface area (Å²) in [7, 11) is -2.10. The lowest BCUT2D eigenvalue weighted by molar-refractivity contribution is -0.154. The summed E-state index contributed by atoms with van der Waals surface area (Å²) in [6.07, 6.45) is 2.39. The number of esters is 2.